The SMILES string of the molecule is O=C(O)c1c(COC/C=C/c2ccccc2)c2ccccc2c2ccccc12. The van der Waals surface area contributed by atoms with Crippen molar-refractivity contribution in [2.75, 3.05) is 6.61 Å². The van der Waals surface area contributed by atoms with Crippen molar-refractivity contribution in [1.82, 2.24) is 0 Å². The standard InChI is InChI=1S/C25H20O3/c26-25(27)24-22-15-7-6-13-20(22)19-12-4-5-14-21(19)23(24)17-28-16-8-11-18-9-2-1-3-10-18/h1-15H,16-17H2,(H,26,27)/b11-8+. The molecule has 0 radical (unpaired) electrons. The molecule has 0 heterocycles. The molecule has 28 heavy (non-hydrogen) atoms. The lowest BCUT2D eigenvalue weighted by atomic mass is 9.92. The van der Waals surface area contributed by atoms with Crippen molar-refractivity contribution in [2.45, 2.75) is 6.61 Å². The maximum absolute atomic E-state index is 12.1. The Morgan fingerprint density at radius 3 is 2.04 bits per heavy atom. The van der Waals surface area contributed by atoms with Crippen LogP contribution in [-0.2, 0) is 11.3 Å². The van der Waals surface area contributed by atoms with Gasteiger partial charge in [0, 0.05) is 5.56 Å². The van der Waals surface area contributed by atoms with Crippen molar-refractivity contribution in [3.05, 3.63) is 102 Å². The molecule has 0 saturated heterocycles. The Hall–Kier alpha value is -3.43. The summed E-state index contributed by atoms with van der Waals surface area (Å²) >= 11 is 0. The number of carbonyl (C=O) groups is 1. The van der Waals surface area contributed by atoms with E-state index in [1.807, 2.05) is 91.0 Å². The van der Waals surface area contributed by atoms with E-state index in [9.17, 15) is 9.90 Å². The summed E-state index contributed by atoms with van der Waals surface area (Å²) in [4.78, 5) is 12.1. The van der Waals surface area contributed by atoms with Gasteiger partial charge in [0.05, 0.1) is 18.8 Å². The van der Waals surface area contributed by atoms with Gasteiger partial charge >= 0.3 is 5.97 Å². The Bertz CT molecular complexity index is 1160. The Labute approximate surface area is 163 Å². The van der Waals surface area contributed by atoms with Gasteiger partial charge in [-0.15, -0.1) is 0 Å². The fourth-order valence-electron chi connectivity index (χ4n) is 3.59. The van der Waals surface area contributed by atoms with Gasteiger partial charge in [0.1, 0.15) is 0 Å². The van der Waals surface area contributed by atoms with E-state index in [0.29, 0.717) is 12.2 Å². The molecule has 1 N–H and O–H groups in total. The third-order valence-electron chi connectivity index (χ3n) is 4.82. The first-order chi connectivity index (χ1) is 13.8. The Balaban J connectivity index is 1.68. The predicted molar refractivity (Wildman–Crippen MR) is 114 cm³/mol. The molecule has 3 nitrogen and oxygen atoms in total. The van der Waals surface area contributed by atoms with Crippen LogP contribution < -0.4 is 0 Å². The zero-order valence-electron chi connectivity index (χ0n) is 15.3. The van der Waals surface area contributed by atoms with Gasteiger partial charge in [-0.1, -0.05) is 91.0 Å². The molecule has 0 amide bonds. The van der Waals surface area contributed by atoms with E-state index < -0.39 is 5.97 Å². The van der Waals surface area contributed by atoms with Gasteiger partial charge < -0.3 is 9.84 Å². The smallest absolute Gasteiger partial charge is 0.336 e. The predicted octanol–water partition coefficient (Wildman–Crippen LogP) is 5.92. The van der Waals surface area contributed by atoms with Crippen LogP contribution in [0.5, 0.6) is 0 Å². The minimum Gasteiger partial charge on any atom is -0.478 e. The highest BCUT2D eigenvalue weighted by molar-refractivity contribution is 6.17. The topological polar surface area (TPSA) is 46.5 Å². The molecule has 0 aliphatic rings. The van der Waals surface area contributed by atoms with Crippen LogP contribution in [0.1, 0.15) is 21.5 Å². The fraction of sp³-hybridized carbons (Fsp3) is 0.0800. The molecule has 0 aliphatic heterocycles. The molecule has 4 aromatic carbocycles. The molecule has 4 aromatic rings. The summed E-state index contributed by atoms with van der Waals surface area (Å²) < 4.78 is 5.84. The summed E-state index contributed by atoms with van der Waals surface area (Å²) in [5.74, 6) is -0.930. The summed E-state index contributed by atoms with van der Waals surface area (Å²) in [5, 5.41) is 13.6. The van der Waals surface area contributed by atoms with Crippen molar-refractivity contribution in [1.29, 1.82) is 0 Å². The van der Waals surface area contributed by atoms with Crippen LogP contribution in [0.25, 0.3) is 27.6 Å². The monoisotopic (exact) mass is 368 g/mol. The second-order valence-corrected chi connectivity index (χ2v) is 6.58. The third-order valence-corrected chi connectivity index (χ3v) is 4.82. The van der Waals surface area contributed by atoms with E-state index in [4.69, 9.17) is 4.74 Å². The van der Waals surface area contributed by atoms with E-state index >= 15 is 0 Å². The number of fused-ring (bicyclic) bond motifs is 3. The van der Waals surface area contributed by atoms with Gasteiger partial charge in [0.15, 0.2) is 0 Å². The first-order valence-corrected chi connectivity index (χ1v) is 9.20. The largest absolute Gasteiger partial charge is 0.478 e. The number of hydrogen-bond donors (Lipinski definition) is 1. The third kappa shape index (κ3) is 3.53. The number of aromatic carboxylic acids is 1. The van der Waals surface area contributed by atoms with Gasteiger partial charge in [-0.3, -0.25) is 0 Å². The molecule has 0 unspecified atom stereocenters. The average molecular weight is 368 g/mol. The minimum absolute atomic E-state index is 0.242. The number of benzene rings is 4. The Morgan fingerprint density at radius 2 is 1.36 bits per heavy atom. The van der Waals surface area contributed by atoms with Crippen molar-refractivity contribution in [3.63, 3.8) is 0 Å². The lowest BCUT2D eigenvalue weighted by Gasteiger charge is -2.15. The number of hydrogen-bond acceptors (Lipinski definition) is 2. The van der Waals surface area contributed by atoms with Gasteiger partial charge in [-0.2, -0.15) is 0 Å². The highest BCUT2D eigenvalue weighted by atomic mass is 16.5. The molecule has 3 heteroatoms. The summed E-state index contributed by atoms with van der Waals surface area (Å²) in [5.41, 5.74) is 2.14. The summed E-state index contributed by atoms with van der Waals surface area (Å²) in [6.07, 6.45) is 3.94. The van der Waals surface area contributed by atoms with Crippen molar-refractivity contribution in [3.8, 4) is 0 Å². The van der Waals surface area contributed by atoms with Gasteiger partial charge in [0.25, 0.3) is 0 Å². The highest BCUT2D eigenvalue weighted by Crippen LogP contribution is 2.33. The lowest BCUT2D eigenvalue weighted by Crippen LogP contribution is -2.07. The first-order valence-electron chi connectivity index (χ1n) is 9.20. The van der Waals surface area contributed by atoms with Crippen LogP contribution in [0.3, 0.4) is 0 Å². The zero-order chi connectivity index (χ0) is 19.3. The van der Waals surface area contributed by atoms with E-state index in [1.54, 1.807) is 0 Å². The quantitative estimate of drug-likeness (QED) is 0.339. The molecule has 0 atom stereocenters. The maximum atomic E-state index is 12.1. The fourth-order valence-corrected chi connectivity index (χ4v) is 3.59. The zero-order valence-corrected chi connectivity index (χ0v) is 15.3. The van der Waals surface area contributed by atoms with Crippen molar-refractivity contribution < 1.29 is 14.6 Å². The number of rotatable bonds is 6. The molecule has 138 valence electrons. The van der Waals surface area contributed by atoms with Gasteiger partial charge in [-0.25, -0.2) is 4.79 Å². The molecular weight excluding hydrogens is 348 g/mol. The van der Waals surface area contributed by atoms with Crippen LogP contribution in [0.2, 0.25) is 0 Å². The van der Waals surface area contributed by atoms with Crippen LogP contribution in [0, 0.1) is 0 Å². The molecule has 0 aliphatic carbocycles. The van der Waals surface area contributed by atoms with Crippen LogP contribution in [0.4, 0.5) is 0 Å². The molecular formula is C25H20O3. The molecule has 4 rings (SSSR count). The summed E-state index contributed by atoms with van der Waals surface area (Å²) in [7, 11) is 0. The highest BCUT2D eigenvalue weighted by Gasteiger charge is 2.18. The Kier molecular flexibility index (Phi) is 5.18. The van der Waals surface area contributed by atoms with E-state index in [2.05, 4.69) is 0 Å². The van der Waals surface area contributed by atoms with E-state index in [0.717, 1.165) is 32.7 Å². The lowest BCUT2D eigenvalue weighted by molar-refractivity contribution is 0.0693. The van der Waals surface area contributed by atoms with Crippen LogP contribution in [0.15, 0.2) is 84.9 Å². The van der Waals surface area contributed by atoms with E-state index in [1.165, 1.54) is 0 Å². The van der Waals surface area contributed by atoms with Crippen LogP contribution in [-0.4, -0.2) is 17.7 Å². The maximum Gasteiger partial charge on any atom is 0.336 e. The molecule has 0 bridgehead atoms. The molecule has 0 aromatic heterocycles. The molecule has 0 fully saturated rings. The van der Waals surface area contributed by atoms with E-state index in [-0.39, 0.29) is 6.61 Å². The van der Waals surface area contributed by atoms with Crippen molar-refractivity contribution >= 4 is 33.6 Å². The first kappa shape index (κ1) is 18.0. The van der Waals surface area contributed by atoms with Gasteiger partial charge in [-0.05, 0) is 27.1 Å². The van der Waals surface area contributed by atoms with Crippen molar-refractivity contribution in [2.24, 2.45) is 0 Å². The van der Waals surface area contributed by atoms with Crippen LogP contribution >= 0.6 is 0 Å². The number of ether oxygens (including phenoxy) is 1. The average Bonchev–Trinajstić information content (AvgIpc) is 2.74. The number of carboxylic acid groups (broad SMARTS) is 1. The normalized spacial score (nSPS) is 11.4. The number of carboxylic acids is 1. The second-order valence-electron chi connectivity index (χ2n) is 6.58. The van der Waals surface area contributed by atoms with Gasteiger partial charge in [0.2, 0.25) is 0 Å². The Morgan fingerprint density at radius 1 is 0.786 bits per heavy atom. The molecule has 0 saturated carbocycles. The molecule has 0 spiro atoms. The second kappa shape index (κ2) is 8.07. The minimum atomic E-state index is -0.930. The summed E-state index contributed by atoms with van der Waals surface area (Å²) in [6, 6.07) is 25.5. The summed E-state index contributed by atoms with van der Waals surface area (Å²) in [6.45, 7) is 0.654.